The standard InChI is InChI=1S/C28H23ClN2O5/c1-35-26-15-18(5-13-24(26)32)3-9-21-17-23(10-4-19-6-14-25(33)27(16-19)36-2)31(28(34)30-21)22-11-7-20(29)8-12-22/h3-17,32-33H,1-2H3/b9-3+,10-4+. The minimum Gasteiger partial charge on any atom is -0.504 e. The Kier molecular flexibility index (Phi) is 7.42. The number of methoxy groups -OCH3 is 2. The van der Waals surface area contributed by atoms with Gasteiger partial charge >= 0.3 is 5.69 Å². The molecule has 1 aromatic heterocycles. The average Bonchev–Trinajstić information content (AvgIpc) is 2.88. The van der Waals surface area contributed by atoms with E-state index in [2.05, 4.69) is 4.98 Å². The number of ether oxygens (including phenoxy) is 2. The third-order valence-electron chi connectivity index (χ3n) is 5.36. The third-order valence-corrected chi connectivity index (χ3v) is 5.61. The lowest BCUT2D eigenvalue weighted by atomic mass is 10.1. The molecule has 4 rings (SSSR count). The third kappa shape index (κ3) is 5.59. The number of hydrogen-bond acceptors (Lipinski definition) is 6. The molecule has 7 nitrogen and oxygen atoms in total. The van der Waals surface area contributed by atoms with Gasteiger partial charge in [-0.3, -0.25) is 4.57 Å². The first-order valence-electron chi connectivity index (χ1n) is 10.9. The van der Waals surface area contributed by atoms with E-state index in [9.17, 15) is 15.0 Å². The van der Waals surface area contributed by atoms with Gasteiger partial charge in [-0.25, -0.2) is 4.79 Å². The van der Waals surface area contributed by atoms with Crippen LogP contribution in [0.2, 0.25) is 5.02 Å². The zero-order valence-corrected chi connectivity index (χ0v) is 20.3. The van der Waals surface area contributed by atoms with E-state index in [0.29, 0.717) is 33.6 Å². The summed E-state index contributed by atoms with van der Waals surface area (Å²) in [6.45, 7) is 0. The molecule has 2 N–H and O–H groups in total. The zero-order valence-electron chi connectivity index (χ0n) is 19.6. The first-order valence-corrected chi connectivity index (χ1v) is 11.3. The number of rotatable bonds is 7. The number of phenols is 2. The Bertz CT molecular complexity index is 1510. The van der Waals surface area contributed by atoms with Crippen LogP contribution in [0.15, 0.2) is 71.5 Å². The van der Waals surface area contributed by atoms with Crippen molar-refractivity contribution in [3.63, 3.8) is 0 Å². The number of benzene rings is 3. The molecule has 0 bridgehead atoms. The number of halogens is 1. The lowest BCUT2D eigenvalue weighted by Crippen LogP contribution is -2.24. The summed E-state index contributed by atoms with van der Waals surface area (Å²) in [6.07, 6.45) is 7.07. The largest absolute Gasteiger partial charge is 0.504 e. The quantitative estimate of drug-likeness (QED) is 0.339. The van der Waals surface area contributed by atoms with Crippen molar-refractivity contribution in [3.05, 3.63) is 105 Å². The van der Waals surface area contributed by atoms with E-state index in [1.165, 1.54) is 30.9 Å². The van der Waals surface area contributed by atoms with Crippen molar-refractivity contribution in [1.82, 2.24) is 9.55 Å². The Labute approximate surface area is 212 Å². The van der Waals surface area contributed by atoms with Gasteiger partial charge in [0.05, 0.1) is 31.3 Å². The minimum absolute atomic E-state index is 0.0370. The maximum atomic E-state index is 13.1. The van der Waals surface area contributed by atoms with Crippen molar-refractivity contribution in [1.29, 1.82) is 0 Å². The molecule has 0 aliphatic carbocycles. The molecule has 36 heavy (non-hydrogen) atoms. The minimum atomic E-state index is -0.467. The van der Waals surface area contributed by atoms with E-state index in [1.54, 1.807) is 72.8 Å². The monoisotopic (exact) mass is 502 g/mol. The molecular formula is C28H23ClN2O5. The van der Waals surface area contributed by atoms with E-state index in [1.807, 2.05) is 6.08 Å². The number of hydrogen-bond donors (Lipinski definition) is 2. The highest BCUT2D eigenvalue weighted by molar-refractivity contribution is 6.30. The molecule has 0 saturated carbocycles. The van der Waals surface area contributed by atoms with Crippen molar-refractivity contribution in [2.75, 3.05) is 14.2 Å². The Morgan fingerprint density at radius 3 is 1.89 bits per heavy atom. The van der Waals surface area contributed by atoms with Gasteiger partial charge in [0.1, 0.15) is 0 Å². The molecule has 182 valence electrons. The highest BCUT2D eigenvalue weighted by Gasteiger charge is 2.09. The molecule has 0 aliphatic heterocycles. The molecule has 0 spiro atoms. The lowest BCUT2D eigenvalue weighted by molar-refractivity contribution is 0.373. The Morgan fingerprint density at radius 1 is 0.778 bits per heavy atom. The van der Waals surface area contributed by atoms with Gasteiger partial charge in [-0.15, -0.1) is 0 Å². The Balaban J connectivity index is 1.77. The van der Waals surface area contributed by atoms with Gasteiger partial charge in [-0.1, -0.05) is 35.9 Å². The molecule has 8 heteroatoms. The molecule has 1 heterocycles. The Morgan fingerprint density at radius 2 is 1.33 bits per heavy atom. The van der Waals surface area contributed by atoms with E-state index in [-0.39, 0.29) is 11.5 Å². The fourth-order valence-corrected chi connectivity index (χ4v) is 3.66. The van der Waals surface area contributed by atoms with Gasteiger partial charge in [0.25, 0.3) is 0 Å². The fourth-order valence-electron chi connectivity index (χ4n) is 3.54. The average molecular weight is 503 g/mol. The second-order valence-corrected chi connectivity index (χ2v) is 8.17. The second-order valence-electron chi connectivity index (χ2n) is 7.73. The highest BCUT2D eigenvalue weighted by Crippen LogP contribution is 2.28. The normalized spacial score (nSPS) is 11.3. The Hall–Kier alpha value is -4.49. The van der Waals surface area contributed by atoms with E-state index in [0.717, 1.165) is 11.1 Å². The van der Waals surface area contributed by atoms with Gasteiger partial charge in [0, 0.05) is 5.02 Å². The predicted molar refractivity (Wildman–Crippen MR) is 142 cm³/mol. The van der Waals surface area contributed by atoms with Crippen molar-refractivity contribution in [3.8, 4) is 28.7 Å². The first kappa shape index (κ1) is 24.6. The summed E-state index contributed by atoms with van der Waals surface area (Å²) in [6, 6.07) is 18.6. The predicted octanol–water partition coefficient (Wildman–Crippen LogP) is 5.66. The highest BCUT2D eigenvalue weighted by atomic mass is 35.5. The lowest BCUT2D eigenvalue weighted by Gasteiger charge is -2.11. The van der Waals surface area contributed by atoms with Gasteiger partial charge in [-0.2, -0.15) is 4.98 Å². The van der Waals surface area contributed by atoms with Crippen molar-refractivity contribution < 1.29 is 19.7 Å². The fraction of sp³-hybridized carbons (Fsp3) is 0.0714. The van der Waals surface area contributed by atoms with Crippen LogP contribution in [0.3, 0.4) is 0 Å². The van der Waals surface area contributed by atoms with Crippen LogP contribution in [-0.4, -0.2) is 34.0 Å². The van der Waals surface area contributed by atoms with E-state index >= 15 is 0 Å². The summed E-state index contributed by atoms with van der Waals surface area (Å²) in [5.41, 5.74) is 2.70. The molecular weight excluding hydrogens is 480 g/mol. The van der Waals surface area contributed by atoms with Crippen LogP contribution in [0.4, 0.5) is 0 Å². The number of nitrogens with zero attached hydrogens (tertiary/aromatic N) is 2. The molecule has 4 aromatic rings. The molecule has 0 amide bonds. The van der Waals surface area contributed by atoms with E-state index < -0.39 is 5.69 Å². The first-order chi connectivity index (χ1) is 17.4. The van der Waals surface area contributed by atoms with Crippen LogP contribution < -0.4 is 15.2 Å². The van der Waals surface area contributed by atoms with Crippen LogP contribution in [0, 0.1) is 0 Å². The van der Waals surface area contributed by atoms with Crippen LogP contribution in [-0.2, 0) is 0 Å². The summed E-state index contributed by atoms with van der Waals surface area (Å²) >= 11 is 6.03. The smallest absolute Gasteiger partial charge is 0.353 e. The van der Waals surface area contributed by atoms with Gasteiger partial charge < -0.3 is 19.7 Å². The molecule has 0 aliphatic rings. The van der Waals surface area contributed by atoms with E-state index in [4.69, 9.17) is 21.1 Å². The summed E-state index contributed by atoms with van der Waals surface area (Å²) < 4.78 is 11.8. The van der Waals surface area contributed by atoms with Crippen LogP contribution in [0.1, 0.15) is 22.5 Å². The summed E-state index contributed by atoms with van der Waals surface area (Å²) in [5.74, 6) is 0.762. The maximum absolute atomic E-state index is 13.1. The molecule has 3 aromatic carbocycles. The SMILES string of the molecule is COc1cc(/C=C/c2cc(/C=C/c3ccc(O)c(OC)c3)n(-c3ccc(Cl)cc3)c(=O)n2)ccc1O. The van der Waals surface area contributed by atoms with Crippen LogP contribution in [0.25, 0.3) is 30.0 Å². The number of phenolic OH excluding ortho intramolecular Hbond substituents is 2. The zero-order chi connectivity index (χ0) is 25.7. The topological polar surface area (TPSA) is 93.8 Å². The molecule has 0 atom stereocenters. The molecule has 0 unspecified atom stereocenters. The van der Waals surface area contributed by atoms with Crippen LogP contribution in [0.5, 0.6) is 23.0 Å². The number of aromatic hydroxyl groups is 2. The van der Waals surface area contributed by atoms with Crippen molar-refractivity contribution in [2.45, 2.75) is 0 Å². The summed E-state index contributed by atoms with van der Waals surface area (Å²) in [5, 5.41) is 20.2. The summed E-state index contributed by atoms with van der Waals surface area (Å²) in [4.78, 5) is 17.3. The van der Waals surface area contributed by atoms with Crippen molar-refractivity contribution in [2.24, 2.45) is 0 Å². The second kappa shape index (κ2) is 10.8. The van der Waals surface area contributed by atoms with Gasteiger partial charge in [0.2, 0.25) is 0 Å². The maximum Gasteiger partial charge on any atom is 0.353 e. The molecule has 0 fully saturated rings. The van der Waals surface area contributed by atoms with Gasteiger partial charge in [0.15, 0.2) is 23.0 Å². The molecule has 0 radical (unpaired) electrons. The summed E-state index contributed by atoms with van der Waals surface area (Å²) in [7, 11) is 2.95. The van der Waals surface area contributed by atoms with Gasteiger partial charge in [-0.05, 0) is 77.9 Å². The van der Waals surface area contributed by atoms with Crippen molar-refractivity contribution >= 4 is 35.9 Å². The molecule has 0 saturated heterocycles. The number of aromatic nitrogens is 2. The van der Waals surface area contributed by atoms with Crippen LogP contribution >= 0.6 is 11.6 Å².